The van der Waals surface area contributed by atoms with Crippen molar-refractivity contribution in [3.8, 4) is 11.3 Å². The van der Waals surface area contributed by atoms with Crippen molar-refractivity contribution in [1.29, 1.82) is 0 Å². The van der Waals surface area contributed by atoms with Crippen molar-refractivity contribution < 1.29 is 8.98 Å². The Kier molecular flexibility index (Phi) is 2.76. The molecule has 1 aromatic carbocycles. The van der Waals surface area contributed by atoms with E-state index in [0.717, 1.165) is 27.6 Å². The predicted octanol–water partition coefficient (Wildman–Crippen LogP) is 4.09. The number of fused-ring (bicyclic) bond motifs is 3. The van der Waals surface area contributed by atoms with E-state index in [2.05, 4.69) is 47.9 Å². The molecular weight excluding hydrogens is 272 g/mol. The Bertz CT molecular complexity index is 1010. The summed E-state index contributed by atoms with van der Waals surface area (Å²) in [6.07, 6.45) is 3.99. The fourth-order valence-electron chi connectivity index (χ4n) is 3.08. The lowest BCUT2D eigenvalue weighted by molar-refractivity contribution is -0.660. The molecule has 0 atom stereocenters. The van der Waals surface area contributed by atoms with E-state index >= 15 is 0 Å². The summed E-state index contributed by atoms with van der Waals surface area (Å²) < 4.78 is 8.18. The molecule has 0 bridgehead atoms. The first-order valence-corrected chi connectivity index (χ1v) is 7.38. The second-order valence-electron chi connectivity index (χ2n) is 5.75. The Balaban J connectivity index is 2.20. The molecular formula is C19H17N2O+. The maximum Gasteiger partial charge on any atom is 0.213 e. The largest absolute Gasteiger partial charge is 0.456 e. The van der Waals surface area contributed by atoms with Crippen LogP contribution in [0.1, 0.15) is 11.3 Å². The van der Waals surface area contributed by atoms with Gasteiger partial charge in [0, 0.05) is 40.9 Å². The number of rotatable bonds is 1. The summed E-state index contributed by atoms with van der Waals surface area (Å²) in [7, 11) is 2.07. The molecule has 3 aromatic heterocycles. The summed E-state index contributed by atoms with van der Waals surface area (Å²) in [6.45, 7) is 4.12. The second kappa shape index (κ2) is 4.67. The third kappa shape index (κ3) is 1.82. The summed E-state index contributed by atoms with van der Waals surface area (Å²) in [6, 6.07) is 12.4. The maximum absolute atomic E-state index is 6.04. The molecule has 0 spiro atoms. The molecule has 0 amide bonds. The molecule has 3 nitrogen and oxygen atoms in total. The molecule has 108 valence electrons. The third-order valence-corrected chi connectivity index (χ3v) is 4.18. The smallest absolute Gasteiger partial charge is 0.213 e. The molecule has 22 heavy (non-hydrogen) atoms. The number of hydrogen-bond acceptors (Lipinski definition) is 2. The lowest BCUT2D eigenvalue weighted by atomic mass is 9.98. The molecule has 0 aliphatic carbocycles. The van der Waals surface area contributed by atoms with Gasteiger partial charge in [0.2, 0.25) is 5.69 Å². The van der Waals surface area contributed by atoms with Gasteiger partial charge in [0.25, 0.3) is 0 Å². The van der Waals surface area contributed by atoms with Gasteiger partial charge < -0.3 is 4.42 Å². The molecule has 0 radical (unpaired) electrons. The zero-order chi connectivity index (χ0) is 15.3. The highest BCUT2D eigenvalue weighted by Gasteiger charge is 2.20. The molecule has 0 fully saturated rings. The van der Waals surface area contributed by atoms with E-state index < -0.39 is 0 Å². The summed E-state index contributed by atoms with van der Waals surface area (Å²) in [5, 5.41) is 2.22. The summed E-state index contributed by atoms with van der Waals surface area (Å²) in [5.74, 6) is 0. The highest BCUT2D eigenvalue weighted by molar-refractivity contribution is 6.12. The number of aryl methyl sites for hydroxylation is 3. The van der Waals surface area contributed by atoms with Crippen LogP contribution < -0.4 is 4.57 Å². The van der Waals surface area contributed by atoms with Crippen molar-refractivity contribution in [2.24, 2.45) is 7.05 Å². The van der Waals surface area contributed by atoms with Crippen LogP contribution in [0.15, 0.2) is 53.2 Å². The molecule has 4 aromatic rings. The molecule has 0 aliphatic heterocycles. The van der Waals surface area contributed by atoms with E-state index in [1.807, 2.05) is 31.3 Å². The van der Waals surface area contributed by atoms with Gasteiger partial charge in [0.15, 0.2) is 6.20 Å². The molecule has 0 saturated carbocycles. The van der Waals surface area contributed by atoms with Crippen molar-refractivity contribution in [3.63, 3.8) is 0 Å². The second-order valence-corrected chi connectivity index (χ2v) is 5.75. The van der Waals surface area contributed by atoms with Crippen LogP contribution >= 0.6 is 0 Å². The van der Waals surface area contributed by atoms with Crippen molar-refractivity contribution in [3.05, 3.63) is 60.0 Å². The third-order valence-electron chi connectivity index (χ3n) is 4.18. The van der Waals surface area contributed by atoms with Gasteiger partial charge in [-0.25, -0.2) is 4.57 Å². The average Bonchev–Trinajstić information content (AvgIpc) is 2.86. The van der Waals surface area contributed by atoms with Crippen molar-refractivity contribution in [2.75, 3.05) is 0 Å². The standard InChI is InChI=1S/C19H17N2O/c1-12-7-8-16-19(14-11-20-13(2)10-17(14)22-16)18(12)15-6-4-5-9-21(15)3/h4-11H,1-3H3/q+1. The maximum atomic E-state index is 6.04. The molecule has 0 N–H and O–H groups in total. The van der Waals surface area contributed by atoms with E-state index in [1.54, 1.807) is 0 Å². The fraction of sp³-hybridized carbons (Fsp3) is 0.158. The first-order chi connectivity index (χ1) is 10.6. The average molecular weight is 289 g/mol. The quantitative estimate of drug-likeness (QED) is 0.494. The number of pyridine rings is 2. The van der Waals surface area contributed by atoms with E-state index in [0.29, 0.717) is 0 Å². The Morgan fingerprint density at radius 2 is 1.91 bits per heavy atom. The summed E-state index contributed by atoms with van der Waals surface area (Å²) in [4.78, 5) is 4.45. The predicted molar refractivity (Wildman–Crippen MR) is 87.6 cm³/mol. The van der Waals surface area contributed by atoms with Crippen LogP contribution in [-0.4, -0.2) is 4.98 Å². The molecule has 0 saturated heterocycles. The first-order valence-electron chi connectivity index (χ1n) is 7.38. The van der Waals surface area contributed by atoms with E-state index in [4.69, 9.17) is 4.42 Å². The van der Waals surface area contributed by atoms with E-state index in [9.17, 15) is 0 Å². The van der Waals surface area contributed by atoms with Crippen LogP contribution in [0.2, 0.25) is 0 Å². The zero-order valence-electron chi connectivity index (χ0n) is 12.9. The number of aromatic nitrogens is 2. The van der Waals surface area contributed by atoms with Crippen LogP contribution in [0, 0.1) is 13.8 Å². The fourth-order valence-corrected chi connectivity index (χ4v) is 3.08. The summed E-state index contributed by atoms with van der Waals surface area (Å²) >= 11 is 0. The monoisotopic (exact) mass is 289 g/mol. The normalized spacial score (nSPS) is 11.4. The van der Waals surface area contributed by atoms with Crippen LogP contribution in [0.5, 0.6) is 0 Å². The van der Waals surface area contributed by atoms with Gasteiger partial charge in [-0.15, -0.1) is 0 Å². The number of furan rings is 1. The zero-order valence-corrected chi connectivity index (χ0v) is 12.9. The van der Waals surface area contributed by atoms with Gasteiger partial charge in [0.1, 0.15) is 18.2 Å². The highest BCUT2D eigenvalue weighted by Crippen LogP contribution is 2.37. The Morgan fingerprint density at radius 1 is 1.05 bits per heavy atom. The molecule has 3 heteroatoms. The van der Waals surface area contributed by atoms with Crippen molar-refractivity contribution in [2.45, 2.75) is 13.8 Å². The Hall–Kier alpha value is -2.68. The molecule has 0 aliphatic rings. The van der Waals surface area contributed by atoms with Crippen LogP contribution in [0.4, 0.5) is 0 Å². The SMILES string of the molecule is Cc1cc2oc3ccc(C)c(-c4cccc[n+]4C)c3c2cn1. The minimum atomic E-state index is 0.896. The molecule has 3 heterocycles. The van der Waals surface area contributed by atoms with Gasteiger partial charge in [0.05, 0.1) is 5.56 Å². The Labute approximate surface area is 128 Å². The van der Waals surface area contributed by atoms with Gasteiger partial charge in [-0.1, -0.05) is 6.07 Å². The van der Waals surface area contributed by atoms with Crippen molar-refractivity contribution >= 4 is 21.9 Å². The van der Waals surface area contributed by atoms with Crippen molar-refractivity contribution in [1.82, 2.24) is 4.98 Å². The van der Waals surface area contributed by atoms with Gasteiger partial charge in [-0.3, -0.25) is 4.98 Å². The van der Waals surface area contributed by atoms with E-state index in [1.165, 1.54) is 16.8 Å². The van der Waals surface area contributed by atoms with E-state index in [-0.39, 0.29) is 0 Å². The van der Waals surface area contributed by atoms with Crippen LogP contribution in [-0.2, 0) is 7.05 Å². The van der Waals surface area contributed by atoms with Gasteiger partial charge >= 0.3 is 0 Å². The lowest BCUT2D eigenvalue weighted by Gasteiger charge is -2.06. The van der Waals surface area contributed by atoms with Crippen LogP contribution in [0.3, 0.4) is 0 Å². The summed E-state index contributed by atoms with van der Waals surface area (Å²) in [5.41, 5.74) is 6.39. The number of benzene rings is 1. The molecule has 0 unspecified atom stereocenters. The lowest BCUT2D eigenvalue weighted by Crippen LogP contribution is -2.30. The van der Waals surface area contributed by atoms with Crippen LogP contribution in [0.25, 0.3) is 33.2 Å². The Morgan fingerprint density at radius 3 is 2.73 bits per heavy atom. The first kappa shape index (κ1) is 13.0. The minimum absolute atomic E-state index is 0.896. The van der Waals surface area contributed by atoms with Gasteiger partial charge in [-0.2, -0.15) is 0 Å². The van der Waals surface area contributed by atoms with Gasteiger partial charge in [-0.05, 0) is 31.5 Å². The highest BCUT2D eigenvalue weighted by atomic mass is 16.3. The number of nitrogens with zero attached hydrogens (tertiary/aromatic N) is 2. The minimum Gasteiger partial charge on any atom is -0.456 e. The topological polar surface area (TPSA) is 29.9 Å². The number of hydrogen-bond donors (Lipinski definition) is 0. The molecule has 4 rings (SSSR count).